The summed E-state index contributed by atoms with van der Waals surface area (Å²) in [6.07, 6.45) is -2.81. The van der Waals surface area contributed by atoms with E-state index >= 15 is 0 Å². The van der Waals surface area contributed by atoms with Crippen molar-refractivity contribution < 1.29 is 26.4 Å². The fraction of sp³-hybridized carbons (Fsp3) is 0.350. The number of hydrogen-bond acceptors (Lipinski definition) is 3. The van der Waals surface area contributed by atoms with Gasteiger partial charge >= 0.3 is 6.18 Å². The van der Waals surface area contributed by atoms with E-state index in [-0.39, 0.29) is 29.6 Å². The molecule has 0 fully saturated rings. The van der Waals surface area contributed by atoms with Crippen LogP contribution in [0.15, 0.2) is 53.4 Å². The molecular weight excluding hydrogens is 441 g/mol. The SMILES string of the molecule is CCCCC(=O)NCCN(c1cccc(C(F)(F)F)c1)S(=O)(=O)c1ccc(Cl)cc1. The molecule has 0 saturated carbocycles. The highest BCUT2D eigenvalue weighted by Crippen LogP contribution is 2.33. The normalized spacial score (nSPS) is 11.9. The molecule has 164 valence electrons. The Morgan fingerprint density at radius 2 is 1.80 bits per heavy atom. The number of benzene rings is 2. The molecule has 0 saturated heterocycles. The first kappa shape index (κ1) is 24.0. The standard InChI is InChI=1S/C20H22ClF3N2O3S/c1-2-3-7-19(27)25-12-13-26(17-6-4-5-15(14-17)20(22,23)24)30(28,29)18-10-8-16(21)9-11-18/h4-6,8-11,14H,2-3,7,12-13H2,1H3,(H,25,27). The number of hydrogen-bond donors (Lipinski definition) is 1. The lowest BCUT2D eigenvalue weighted by molar-refractivity contribution is -0.137. The summed E-state index contributed by atoms with van der Waals surface area (Å²) in [5, 5.41) is 2.93. The number of alkyl halides is 3. The molecule has 0 spiro atoms. The van der Waals surface area contributed by atoms with E-state index in [1.807, 2.05) is 6.92 Å². The topological polar surface area (TPSA) is 66.5 Å². The van der Waals surface area contributed by atoms with Gasteiger partial charge in [0.1, 0.15) is 0 Å². The van der Waals surface area contributed by atoms with Crippen LogP contribution < -0.4 is 9.62 Å². The number of unbranched alkanes of at least 4 members (excludes halogenated alkanes) is 1. The fourth-order valence-electron chi connectivity index (χ4n) is 2.68. The third-order valence-corrected chi connectivity index (χ3v) is 6.35. The first-order valence-electron chi connectivity index (χ1n) is 9.28. The second kappa shape index (κ2) is 10.2. The number of halogens is 4. The molecule has 0 aliphatic rings. The summed E-state index contributed by atoms with van der Waals surface area (Å²) in [7, 11) is -4.19. The van der Waals surface area contributed by atoms with Crippen molar-refractivity contribution in [3.8, 4) is 0 Å². The van der Waals surface area contributed by atoms with Crippen molar-refractivity contribution in [1.29, 1.82) is 0 Å². The van der Waals surface area contributed by atoms with Gasteiger partial charge in [0.25, 0.3) is 10.0 Å². The van der Waals surface area contributed by atoms with E-state index in [2.05, 4.69) is 5.32 Å². The molecule has 10 heteroatoms. The predicted molar refractivity (Wildman–Crippen MR) is 110 cm³/mol. The van der Waals surface area contributed by atoms with Crippen LogP contribution in [-0.4, -0.2) is 27.4 Å². The van der Waals surface area contributed by atoms with E-state index in [9.17, 15) is 26.4 Å². The maximum absolute atomic E-state index is 13.1. The number of rotatable bonds is 9. The molecule has 0 aliphatic heterocycles. The van der Waals surface area contributed by atoms with E-state index in [1.54, 1.807) is 0 Å². The van der Waals surface area contributed by atoms with Crippen molar-refractivity contribution in [3.63, 3.8) is 0 Å². The maximum atomic E-state index is 13.1. The van der Waals surface area contributed by atoms with Gasteiger partial charge in [-0.1, -0.05) is 31.0 Å². The van der Waals surface area contributed by atoms with E-state index in [4.69, 9.17) is 11.6 Å². The minimum absolute atomic E-state index is 0.0500. The monoisotopic (exact) mass is 462 g/mol. The van der Waals surface area contributed by atoms with Crippen LogP contribution in [0, 0.1) is 0 Å². The first-order valence-corrected chi connectivity index (χ1v) is 11.1. The Bertz CT molecular complexity index is 964. The Kier molecular flexibility index (Phi) is 8.14. The van der Waals surface area contributed by atoms with Gasteiger partial charge in [-0.2, -0.15) is 13.2 Å². The molecule has 1 amide bonds. The molecule has 0 unspecified atom stereocenters. The number of sulfonamides is 1. The molecule has 2 aromatic rings. The highest BCUT2D eigenvalue weighted by atomic mass is 35.5. The van der Waals surface area contributed by atoms with Crippen LogP contribution in [0.25, 0.3) is 0 Å². The van der Waals surface area contributed by atoms with Crippen molar-refractivity contribution in [2.24, 2.45) is 0 Å². The molecule has 1 N–H and O–H groups in total. The van der Waals surface area contributed by atoms with Gasteiger partial charge < -0.3 is 5.32 Å². The Balaban J connectivity index is 2.35. The van der Waals surface area contributed by atoms with Crippen molar-refractivity contribution in [2.75, 3.05) is 17.4 Å². The number of carbonyl (C=O) groups is 1. The quantitative estimate of drug-likeness (QED) is 0.578. The molecule has 0 aliphatic carbocycles. The highest BCUT2D eigenvalue weighted by molar-refractivity contribution is 7.92. The summed E-state index contributed by atoms with van der Waals surface area (Å²) in [5.41, 5.74) is -1.12. The molecule has 0 heterocycles. The van der Waals surface area contributed by atoms with E-state index in [1.165, 1.54) is 30.3 Å². The molecular formula is C20H22ClF3N2O3S. The Labute approximate surface area is 178 Å². The molecule has 0 atom stereocenters. The molecule has 5 nitrogen and oxygen atoms in total. The summed E-state index contributed by atoms with van der Waals surface area (Å²) < 4.78 is 66.5. The van der Waals surface area contributed by atoms with Crippen LogP contribution in [0.3, 0.4) is 0 Å². The van der Waals surface area contributed by atoms with E-state index in [0.717, 1.165) is 28.9 Å². The third kappa shape index (κ3) is 6.37. The van der Waals surface area contributed by atoms with Crippen molar-refractivity contribution >= 4 is 33.2 Å². The summed E-state index contributed by atoms with van der Waals surface area (Å²) in [5.74, 6) is -0.246. The van der Waals surface area contributed by atoms with E-state index < -0.39 is 21.8 Å². The second-order valence-electron chi connectivity index (χ2n) is 6.53. The average Bonchev–Trinajstić information content (AvgIpc) is 2.69. The minimum Gasteiger partial charge on any atom is -0.354 e. The lowest BCUT2D eigenvalue weighted by Crippen LogP contribution is -2.38. The second-order valence-corrected chi connectivity index (χ2v) is 8.83. The summed E-state index contributed by atoms with van der Waals surface area (Å²) in [4.78, 5) is 11.7. The highest BCUT2D eigenvalue weighted by Gasteiger charge is 2.32. The Hall–Kier alpha value is -2.26. The third-order valence-electron chi connectivity index (χ3n) is 4.26. The number of carbonyl (C=O) groups excluding carboxylic acids is 1. The Morgan fingerprint density at radius 1 is 1.13 bits per heavy atom. The predicted octanol–water partition coefficient (Wildman–Crippen LogP) is 4.86. The molecule has 0 aromatic heterocycles. The van der Waals surface area contributed by atoms with Gasteiger partial charge in [-0.25, -0.2) is 8.42 Å². The minimum atomic E-state index is -4.62. The van der Waals surface area contributed by atoms with Crippen molar-refractivity contribution in [2.45, 2.75) is 37.3 Å². The number of nitrogens with one attached hydrogen (secondary N) is 1. The van der Waals surface area contributed by atoms with Crippen LogP contribution in [0.2, 0.25) is 5.02 Å². The molecule has 0 radical (unpaired) electrons. The van der Waals surface area contributed by atoms with Crippen LogP contribution in [0.4, 0.5) is 18.9 Å². The summed E-state index contributed by atoms with van der Waals surface area (Å²) >= 11 is 5.81. The summed E-state index contributed by atoms with van der Waals surface area (Å²) in [6.45, 7) is 1.65. The van der Waals surface area contributed by atoms with Gasteiger partial charge in [0, 0.05) is 18.0 Å². The zero-order valence-electron chi connectivity index (χ0n) is 16.2. The fourth-order valence-corrected chi connectivity index (χ4v) is 4.27. The van der Waals surface area contributed by atoms with Gasteiger partial charge in [0.05, 0.1) is 22.7 Å². The smallest absolute Gasteiger partial charge is 0.354 e. The van der Waals surface area contributed by atoms with Gasteiger partial charge in [-0.05, 0) is 48.9 Å². The lowest BCUT2D eigenvalue weighted by Gasteiger charge is -2.25. The molecule has 2 rings (SSSR count). The van der Waals surface area contributed by atoms with Gasteiger partial charge in [-0.15, -0.1) is 0 Å². The molecule has 2 aromatic carbocycles. The zero-order valence-corrected chi connectivity index (χ0v) is 17.8. The van der Waals surface area contributed by atoms with Crippen LogP contribution in [0.5, 0.6) is 0 Å². The number of amides is 1. The molecule has 0 bridgehead atoms. The molecule has 30 heavy (non-hydrogen) atoms. The maximum Gasteiger partial charge on any atom is 0.416 e. The van der Waals surface area contributed by atoms with Gasteiger partial charge in [-0.3, -0.25) is 9.10 Å². The largest absolute Gasteiger partial charge is 0.416 e. The number of nitrogens with zero attached hydrogens (tertiary/aromatic N) is 1. The Morgan fingerprint density at radius 3 is 2.40 bits per heavy atom. The van der Waals surface area contributed by atoms with Crippen LogP contribution in [-0.2, 0) is 21.0 Å². The van der Waals surface area contributed by atoms with Gasteiger partial charge in [0.15, 0.2) is 0 Å². The first-order chi connectivity index (χ1) is 14.1. The summed E-state index contributed by atoms with van der Waals surface area (Å²) in [6, 6.07) is 9.37. The zero-order chi connectivity index (χ0) is 22.4. The average molecular weight is 463 g/mol. The van der Waals surface area contributed by atoms with Crippen LogP contribution in [0.1, 0.15) is 31.7 Å². The lowest BCUT2D eigenvalue weighted by atomic mass is 10.2. The van der Waals surface area contributed by atoms with Crippen molar-refractivity contribution in [3.05, 3.63) is 59.1 Å². The van der Waals surface area contributed by atoms with Crippen LogP contribution >= 0.6 is 11.6 Å². The van der Waals surface area contributed by atoms with E-state index in [0.29, 0.717) is 17.9 Å². The van der Waals surface area contributed by atoms with Gasteiger partial charge in [0.2, 0.25) is 5.91 Å². The number of anilines is 1. The van der Waals surface area contributed by atoms with Crippen molar-refractivity contribution in [1.82, 2.24) is 5.32 Å².